The minimum Gasteiger partial charge on any atom is -0.496 e. The zero-order chi connectivity index (χ0) is 16.4. The third kappa shape index (κ3) is 3.37. The Kier molecular flexibility index (Phi) is 4.35. The van der Waals surface area contributed by atoms with Crippen LogP contribution in [0, 0.1) is 6.92 Å². The van der Waals surface area contributed by atoms with Crippen LogP contribution in [0.25, 0.3) is 11.8 Å². The second kappa shape index (κ2) is 6.42. The number of hydrogen-bond donors (Lipinski definition) is 0. The topological polar surface area (TPSA) is 35.5 Å². The molecule has 0 saturated carbocycles. The molecule has 116 valence electrons. The van der Waals surface area contributed by atoms with Crippen molar-refractivity contribution in [1.82, 2.24) is 0 Å². The standard InChI is InChI=1S/C19H15BrO3/c1-12-9-13(3-8-17(12)22-2)10-15-11-18(23-19(15)21)14-4-6-16(20)7-5-14/h3-11H,1-2H3/b15-10+. The Morgan fingerprint density at radius 2 is 1.87 bits per heavy atom. The van der Waals surface area contributed by atoms with Crippen LogP contribution in [0.1, 0.15) is 16.7 Å². The largest absolute Gasteiger partial charge is 0.496 e. The molecular formula is C19H15BrO3. The second-order valence-electron chi connectivity index (χ2n) is 5.23. The second-order valence-corrected chi connectivity index (χ2v) is 6.15. The average molecular weight is 371 g/mol. The summed E-state index contributed by atoms with van der Waals surface area (Å²) in [6, 6.07) is 13.4. The first-order chi connectivity index (χ1) is 11.1. The van der Waals surface area contributed by atoms with E-state index in [4.69, 9.17) is 9.47 Å². The molecule has 0 radical (unpaired) electrons. The van der Waals surface area contributed by atoms with Gasteiger partial charge in [-0.25, -0.2) is 4.79 Å². The molecule has 0 fully saturated rings. The molecule has 1 aliphatic heterocycles. The summed E-state index contributed by atoms with van der Waals surface area (Å²) in [4.78, 5) is 12.1. The van der Waals surface area contributed by atoms with Gasteiger partial charge in [-0.1, -0.05) is 34.1 Å². The lowest BCUT2D eigenvalue weighted by molar-refractivity contribution is -0.130. The number of carbonyl (C=O) groups is 1. The van der Waals surface area contributed by atoms with E-state index in [0.717, 1.165) is 26.9 Å². The molecule has 0 N–H and O–H groups in total. The number of ether oxygens (including phenoxy) is 2. The van der Waals surface area contributed by atoms with Crippen LogP contribution in [0.2, 0.25) is 0 Å². The average Bonchev–Trinajstić information content (AvgIpc) is 2.89. The van der Waals surface area contributed by atoms with Gasteiger partial charge in [0.25, 0.3) is 0 Å². The van der Waals surface area contributed by atoms with Gasteiger partial charge < -0.3 is 9.47 Å². The highest BCUT2D eigenvalue weighted by Crippen LogP contribution is 2.29. The molecule has 0 amide bonds. The van der Waals surface area contributed by atoms with E-state index in [1.54, 1.807) is 13.2 Å². The Balaban J connectivity index is 1.91. The fourth-order valence-electron chi connectivity index (χ4n) is 2.42. The van der Waals surface area contributed by atoms with E-state index < -0.39 is 0 Å². The third-order valence-electron chi connectivity index (χ3n) is 3.59. The SMILES string of the molecule is COc1ccc(/C=C2\C=C(c3ccc(Br)cc3)OC2=O)cc1C. The number of aryl methyl sites for hydroxylation is 1. The molecule has 4 heteroatoms. The zero-order valence-electron chi connectivity index (χ0n) is 12.8. The van der Waals surface area contributed by atoms with Gasteiger partial charge in [0.15, 0.2) is 0 Å². The molecule has 0 aromatic heterocycles. The van der Waals surface area contributed by atoms with Gasteiger partial charge in [0.1, 0.15) is 11.5 Å². The molecule has 1 heterocycles. The minimum absolute atomic E-state index is 0.337. The van der Waals surface area contributed by atoms with E-state index >= 15 is 0 Å². The molecule has 2 aromatic rings. The number of carbonyl (C=O) groups excluding carboxylic acids is 1. The van der Waals surface area contributed by atoms with Crippen LogP contribution in [0.4, 0.5) is 0 Å². The van der Waals surface area contributed by atoms with Crippen molar-refractivity contribution in [3.8, 4) is 5.75 Å². The first-order valence-corrected chi connectivity index (χ1v) is 7.92. The summed E-state index contributed by atoms with van der Waals surface area (Å²) in [7, 11) is 1.64. The van der Waals surface area contributed by atoms with E-state index in [1.165, 1.54) is 0 Å². The van der Waals surface area contributed by atoms with Gasteiger partial charge in [0.2, 0.25) is 0 Å². The molecule has 3 nitrogen and oxygen atoms in total. The molecular weight excluding hydrogens is 356 g/mol. The van der Waals surface area contributed by atoms with Crippen molar-refractivity contribution < 1.29 is 14.3 Å². The van der Waals surface area contributed by atoms with Crippen molar-refractivity contribution in [2.75, 3.05) is 7.11 Å². The number of rotatable bonds is 3. The highest BCUT2D eigenvalue weighted by molar-refractivity contribution is 9.10. The molecule has 0 spiro atoms. The fraction of sp³-hybridized carbons (Fsp3) is 0.105. The third-order valence-corrected chi connectivity index (χ3v) is 4.12. The van der Waals surface area contributed by atoms with Crippen LogP contribution in [-0.4, -0.2) is 13.1 Å². The Labute approximate surface area is 143 Å². The van der Waals surface area contributed by atoms with Crippen LogP contribution < -0.4 is 4.74 Å². The highest BCUT2D eigenvalue weighted by Gasteiger charge is 2.21. The van der Waals surface area contributed by atoms with Crippen molar-refractivity contribution in [3.63, 3.8) is 0 Å². The van der Waals surface area contributed by atoms with Gasteiger partial charge in [-0.3, -0.25) is 0 Å². The molecule has 2 aromatic carbocycles. The Morgan fingerprint density at radius 1 is 1.13 bits per heavy atom. The Morgan fingerprint density at radius 3 is 2.52 bits per heavy atom. The molecule has 0 bridgehead atoms. The van der Waals surface area contributed by atoms with Gasteiger partial charge in [-0.2, -0.15) is 0 Å². The van der Waals surface area contributed by atoms with Gasteiger partial charge in [0.05, 0.1) is 12.7 Å². The normalized spacial score (nSPS) is 15.5. The summed E-state index contributed by atoms with van der Waals surface area (Å²) in [5, 5.41) is 0. The smallest absolute Gasteiger partial charge is 0.343 e. The number of methoxy groups -OCH3 is 1. The quantitative estimate of drug-likeness (QED) is 0.577. The van der Waals surface area contributed by atoms with E-state index in [2.05, 4.69) is 15.9 Å². The molecule has 3 rings (SSSR count). The molecule has 0 saturated heterocycles. The Hall–Kier alpha value is -2.33. The van der Waals surface area contributed by atoms with Crippen molar-refractivity contribution in [3.05, 3.63) is 75.3 Å². The maximum absolute atomic E-state index is 12.1. The van der Waals surface area contributed by atoms with E-state index in [0.29, 0.717) is 11.3 Å². The van der Waals surface area contributed by atoms with E-state index in [-0.39, 0.29) is 5.97 Å². The van der Waals surface area contributed by atoms with Crippen LogP contribution in [0.15, 0.2) is 58.6 Å². The molecule has 23 heavy (non-hydrogen) atoms. The monoisotopic (exact) mass is 370 g/mol. The van der Waals surface area contributed by atoms with E-state index in [9.17, 15) is 4.79 Å². The van der Waals surface area contributed by atoms with E-state index in [1.807, 2.05) is 55.5 Å². The molecule has 0 atom stereocenters. The lowest BCUT2D eigenvalue weighted by atomic mass is 10.1. The number of benzene rings is 2. The zero-order valence-corrected chi connectivity index (χ0v) is 14.4. The summed E-state index contributed by atoms with van der Waals surface area (Å²) >= 11 is 3.39. The highest BCUT2D eigenvalue weighted by atomic mass is 79.9. The maximum atomic E-state index is 12.1. The molecule has 0 aliphatic carbocycles. The summed E-state index contributed by atoms with van der Waals surface area (Å²) in [5.74, 6) is 1.06. The summed E-state index contributed by atoms with van der Waals surface area (Å²) in [6.07, 6.45) is 3.59. The molecule has 1 aliphatic rings. The Bertz CT molecular complexity index is 817. The van der Waals surface area contributed by atoms with Crippen molar-refractivity contribution in [1.29, 1.82) is 0 Å². The molecule has 0 unspecified atom stereocenters. The van der Waals surface area contributed by atoms with Gasteiger partial charge in [-0.15, -0.1) is 0 Å². The lowest BCUT2D eigenvalue weighted by Crippen LogP contribution is -1.97. The van der Waals surface area contributed by atoms with Gasteiger partial charge >= 0.3 is 5.97 Å². The summed E-state index contributed by atoms with van der Waals surface area (Å²) < 4.78 is 11.6. The summed E-state index contributed by atoms with van der Waals surface area (Å²) in [6.45, 7) is 1.97. The van der Waals surface area contributed by atoms with Crippen LogP contribution in [-0.2, 0) is 9.53 Å². The number of halogens is 1. The van der Waals surface area contributed by atoms with Crippen molar-refractivity contribution in [2.24, 2.45) is 0 Å². The predicted molar refractivity (Wildman–Crippen MR) is 93.9 cm³/mol. The van der Waals surface area contributed by atoms with Crippen LogP contribution >= 0.6 is 15.9 Å². The van der Waals surface area contributed by atoms with Crippen LogP contribution in [0.3, 0.4) is 0 Å². The first-order valence-electron chi connectivity index (χ1n) is 7.13. The number of hydrogen-bond acceptors (Lipinski definition) is 3. The predicted octanol–water partition coefficient (Wildman–Crippen LogP) is 4.75. The number of esters is 1. The fourth-order valence-corrected chi connectivity index (χ4v) is 2.68. The minimum atomic E-state index is -0.337. The van der Waals surface area contributed by atoms with Crippen molar-refractivity contribution in [2.45, 2.75) is 6.92 Å². The van der Waals surface area contributed by atoms with Gasteiger partial charge in [-0.05, 0) is 54.5 Å². The van der Waals surface area contributed by atoms with Crippen LogP contribution in [0.5, 0.6) is 5.75 Å². The van der Waals surface area contributed by atoms with Gasteiger partial charge in [0, 0.05) is 10.0 Å². The summed E-state index contributed by atoms with van der Waals surface area (Å²) in [5.41, 5.74) is 3.36. The first kappa shape index (κ1) is 15.6. The van der Waals surface area contributed by atoms with Crippen molar-refractivity contribution >= 4 is 33.7 Å². The lowest BCUT2D eigenvalue weighted by Gasteiger charge is -2.04. The number of cyclic esters (lactones) is 1. The maximum Gasteiger partial charge on any atom is 0.343 e.